The van der Waals surface area contributed by atoms with Crippen LogP contribution in [0.5, 0.6) is 0 Å². The molecule has 1 aliphatic carbocycles. The van der Waals surface area contributed by atoms with Gasteiger partial charge in [-0.15, -0.1) is 0 Å². The van der Waals surface area contributed by atoms with Crippen molar-refractivity contribution < 1.29 is 4.79 Å². The first-order valence-corrected chi connectivity index (χ1v) is 14.1. The molecule has 1 aromatic rings. The highest BCUT2D eigenvalue weighted by molar-refractivity contribution is 5.94. The summed E-state index contributed by atoms with van der Waals surface area (Å²) in [5.41, 5.74) is 0.795. The predicted octanol–water partition coefficient (Wildman–Crippen LogP) is 5.03. The van der Waals surface area contributed by atoms with Crippen LogP contribution in [0.1, 0.15) is 78.1 Å². The van der Waals surface area contributed by atoms with Crippen LogP contribution in [0.3, 0.4) is 0 Å². The van der Waals surface area contributed by atoms with E-state index in [-0.39, 0.29) is 5.91 Å². The van der Waals surface area contributed by atoms with Crippen molar-refractivity contribution in [2.45, 2.75) is 89.6 Å². The Morgan fingerprint density at radius 3 is 2.50 bits per heavy atom. The van der Waals surface area contributed by atoms with Gasteiger partial charge in [0, 0.05) is 30.7 Å². The molecule has 2 N–H and O–H groups in total. The maximum Gasteiger partial charge on any atom is 0.247 e. The fourth-order valence-electron chi connectivity index (χ4n) is 7.04. The first-order valence-electron chi connectivity index (χ1n) is 14.1. The van der Waals surface area contributed by atoms with E-state index in [2.05, 4.69) is 64.6 Å². The van der Waals surface area contributed by atoms with Crippen LogP contribution in [0.15, 0.2) is 30.3 Å². The highest BCUT2D eigenvalue weighted by atomic mass is 16.2. The van der Waals surface area contributed by atoms with Gasteiger partial charge >= 0.3 is 0 Å². The molecule has 1 amide bonds. The third-order valence-electron chi connectivity index (χ3n) is 9.18. The molecule has 2 saturated heterocycles. The lowest BCUT2D eigenvalue weighted by Crippen LogP contribution is -2.63. The van der Waals surface area contributed by atoms with E-state index in [9.17, 15) is 4.79 Å². The van der Waals surface area contributed by atoms with Crippen LogP contribution in [0.2, 0.25) is 0 Å². The zero-order valence-electron chi connectivity index (χ0n) is 21.9. The molecule has 1 aromatic carbocycles. The Kier molecular flexibility index (Phi) is 8.92. The average Bonchev–Trinajstić information content (AvgIpc) is 3.19. The smallest absolute Gasteiger partial charge is 0.247 e. The lowest BCUT2D eigenvalue weighted by molar-refractivity contribution is -0.128. The average molecular weight is 469 g/mol. The summed E-state index contributed by atoms with van der Waals surface area (Å²) in [5, 5.41) is 6.51. The Labute approximate surface area is 208 Å². The Hall–Kier alpha value is -1.59. The van der Waals surface area contributed by atoms with Crippen molar-refractivity contribution in [2.24, 2.45) is 17.8 Å². The number of piperidine rings is 1. The number of nitrogens with one attached hydrogen (secondary N) is 2. The van der Waals surface area contributed by atoms with Gasteiger partial charge in [0.15, 0.2) is 0 Å². The molecule has 1 spiro atoms. The fourth-order valence-corrected chi connectivity index (χ4v) is 7.04. The Bertz CT molecular complexity index is 761. The van der Waals surface area contributed by atoms with E-state index in [1.807, 2.05) is 7.05 Å². The Morgan fingerprint density at radius 1 is 1.06 bits per heavy atom. The van der Waals surface area contributed by atoms with Crippen LogP contribution < -0.4 is 15.5 Å². The molecular weight excluding hydrogens is 420 g/mol. The van der Waals surface area contributed by atoms with Crippen LogP contribution in [0, 0.1) is 17.8 Å². The monoisotopic (exact) mass is 468 g/mol. The van der Waals surface area contributed by atoms with Crippen molar-refractivity contribution in [2.75, 3.05) is 38.3 Å². The number of carbonyl (C=O) groups excluding carboxylic acids is 1. The Balaban J connectivity index is 1.48. The van der Waals surface area contributed by atoms with Gasteiger partial charge in [0.05, 0.1) is 6.67 Å². The molecule has 2 atom stereocenters. The predicted molar refractivity (Wildman–Crippen MR) is 142 cm³/mol. The Morgan fingerprint density at radius 2 is 1.79 bits per heavy atom. The van der Waals surface area contributed by atoms with Gasteiger partial charge < -0.3 is 15.5 Å². The lowest BCUT2D eigenvalue weighted by atomic mass is 9.72. The molecule has 0 radical (unpaired) electrons. The molecule has 1 saturated carbocycles. The van der Waals surface area contributed by atoms with E-state index in [4.69, 9.17) is 0 Å². The summed E-state index contributed by atoms with van der Waals surface area (Å²) in [6.45, 7) is 8.64. The molecule has 0 aromatic heterocycles. The van der Waals surface area contributed by atoms with Gasteiger partial charge in [0.25, 0.3) is 0 Å². The van der Waals surface area contributed by atoms with Crippen molar-refractivity contribution in [3.05, 3.63) is 30.3 Å². The van der Waals surface area contributed by atoms with E-state index in [1.165, 1.54) is 57.1 Å². The van der Waals surface area contributed by atoms with Gasteiger partial charge in [0.2, 0.25) is 5.91 Å². The molecule has 3 aliphatic rings. The van der Waals surface area contributed by atoms with Crippen molar-refractivity contribution >= 4 is 11.6 Å². The number of benzene rings is 1. The van der Waals surface area contributed by atoms with Crippen molar-refractivity contribution in [1.29, 1.82) is 0 Å². The number of amides is 1. The largest absolute Gasteiger partial charge is 0.339 e. The summed E-state index contributed by atoms with van der Waals surface area (Å²) < 4.78 is 0. The van der Waals surface area contributed by atoms with Crippen LogP contribution in [0.4, 0.5) is 5.69 Å². The quantitative estimate of drug-likeness (QED) is 0.473. The third kappa shape index (κ3) is 5.46. The number of unbranched alkanes of at least 4 members (excludes halogenated alkanes) is 3. The summed E-state index contributed by atoms with van der Waals surface area (Å²) in [7, 11) is 2.03. The lowest BCUT2D eigenvalue weighted by Gasteiger charge is -2.51. The number of nitrogens with zero attached hydrogens (tertiary/aromatic N) is 2. The fraction of sp³-hybridized carbons (Fsp3) is 0.759. The van der Waals surface area contributed by atoms with Crippen molar-refractivity contribution in [1.82, 2.24) is 15.5 Å². The van der Waals surface area contributed by atoms with Gasteiger partial charge in [0.1, 0.15) is 5.54 Å². The minimum atomic E-state index is -0.391. The van der Waals surface area contributed by atoms with Crippen LogP contribution in [-0.4, -0.2) is 55.7 Å². The molecule has 2 aliphatic heterocycles. The summed E-state index contributed by atoms with van der Waals surface area (Å²) in [6, 6.07) is 11.3. The van der Waals surface area contributed by atoms with E-state index in [0.717, 1.165) is 44.3 Å². The first kappa shape index (κ1) is 25.5. The minimum absolute atomic E-state index is 0.264. The van der Waals surface area contributed by atoms with E-state index in [1.54, 1.807) is 0 Å². The van der Waals surface area contributed by atoms with Gasteiger partial charge in [-0.05, 0) is 82.5 Å². The SMILES string of the molecule is CNCCCCCCC1CN(C2CCC(C(C)C)CC2)CCC12C(=O)NCN2c1ccccc1. The number of anilines is 1. The molecule has 190 valence electrons. The zero-order chi connectivity index (χ0) is 24.0. The molecule has 5 heteroatoms. The summed E-state index contributed by atoms with van der Waals surface area (Å²) in [6.07, 6.45) is 12.5. The van der Waals surface area contributed by atoms with Crippen LogP contribution in [-0.2, 0) is 4.79 Å². The molecule has 5 nitrogen and oxygen atoms in total. The normalized spacial score (nSPS) is 30.3. The zero-order valence-corrected chi connectivity index (χ0v) is 21.9. The summed E-state index contributed by atoms with van der Waals surface area (Å²) >= 11 is 0. The van der Waals surface area contributed by atoms with Crippen molar-refractivity contribution in [3.8, 4) is 0 Å². The molecule has 4 rings (SSSR count). The number of hydrogen-bond acceptors (Lipinski definition) is 4. The summed E-state index contributed by atoms with van der Waals surface area (Å²) in [4.78, 5) is 18.7. The van der Waals surface area contributed by atoms with Gasteiger partial charge in [-0.1, -0.05) is 51.3 Å². The number of carbonyl (C=O) groups is 1. The second-order valence-electron chi connectivity index (χ2n) is 11.4. The highest BCUT2D eigenvalue weighted by Crippen LogP contribution is 2.44. The first-order chi connectivity index (χ1) is 16.6. The number of hydrogen-bond donors (Lipinski definition) is 2. The second-order valence-corrected chi connectivity index (χ2v) is 11.4. The van der Waals surface area contributed by atoms with E-state index < -0.39 is 5.54 Å². The molecule has 34 heavy (non-hydrogen) atoms. The molecule has 0 bridgehead atoms. The highest BCUT2D eigenvalue weighted by Gasteiger charge is 2.56. The topological polar surface area (TPSA) is 47.6 Å². The molecular formula is C29H48N4O. The standard InChI is InChI=1S/C29H48N4O/c1-23(2)24-14-16-26(17-15-24)32-20-18-29(25(21-32)11-7-4-5-10-19-30-3)28(34)31-22-33(29)27-12-8-6-9-13-27/h6,8-9,12-13,23-26,30H,4-5,7,10-11,14-22H2,1-3H3,(H,31,34). The van der Waals surface area contributed by atoms with Crippen LogP contribution in [0.25, 0.3) is 0 Å². The van der Waals surface area contributed by atoms with E-state index >= 15 is 0 Å². The number of likely N-dealkylation sites (tertiary alicyclic amines) is 1. The van der Waals surface area contributed by atoms with Gasteiger partial charge in [-0.25, -0.2) is 0 Å². The third-order valence-corrected chi connectivity index (χ3v) is 9.18. The maximum absolute atomic E-state index is 13.5. The molecule has 2 unspecified atom stereocenters. The molecule has 3 fully saturated rings. The molecule has 2 heterocycles. The van der Waals surface area contributed by atoms with E-state index in [0.29, 0.717) is 18.6 Å². The summed E-state index contributed by atoms with van der Waals surface area (Å²) in [5.74, 6) is 2.36. The van der Waals surface area contributed by atoms with Gasteiger partial charge in [-0.2, -0.15) is 0 Å². The van der Waals surface area contributed by atoms with Crippen molar-refractivity contribution in [3.63, 3.8) is 0 Å². The number of para-hydroxylation sites is 1. The van der Waals surface area contributed by atoms with Gasteiger partial charge in [-0.3, -0.25) is 9.69 Å². The maximum atomic E-state index is 13.5. The second kappa shape index (κ2) is 11.9. The number of rotatable bonds is 10. The van der Waals surface area contributed by atoms with Crippen LogP contribution >= 0.6 is 0 Å². The minimum Gasteiger partial charge on any atom is -0.339 e.